The topological polar surface area (TPSA) is 65.8 Å². The Hall–Kier alpha value is -2.07. The van der Waals surface area contributed by atoms with Gasteiger partial charge in [0.15, 0.2) is 6.29 Å². The molecule has 0 saturated carbocycles. The van der Waals surface area contributed by atoms with Crippen molar-refractivity contribution in [2.24, 2.45) is 5.11 Å². The fourth-order valence-electron chi connectivity index (χ4n) is 1.68. The molecule has 0 saturated heterocycles. The third-order valence-corrected chi connectivity index (χ3v) is 3.75. The number of benzene rings is 1. The van der Waals surface area contributed by atoms with Gasteiger partial charge in [-0.25, -0.2) is 0 Å². The fourth-order valence-corrected chi connectivity index (χ4v) is 2.66. The third kappa shape index (κ3) is 3.96. The second-order valence-electron chi connectivity index (χ2n) is 4.04. The molecule has 0 amide bonds. The molecule has 1 aromatic heterocycles. The van der Waals surface area contributed by atoms with Crippen LogP contribution in [-0.2, 0) is 11.2 Å². The van der Waals surface area contributed by atoms with Gasteiger partial charge >= 0.3 is 0 Å². The summed E-state index contributed by atoms with van der Waals surface area (Å²) in [7, 11) is 0. The summed E-state index contributed by atoms with van der Waals surface area (Å²) in [6.07, 6.45) is 2.90. The van der Waals surface area contributed by atoms with Crippen LogP contribution in [0, 0.1) is 0 Å². The lowest BCUT2D eigenvalue weighted by molar-refractivity contribution is -0.104. The largest absolute Gasteiger partial charge is 0.298 e. The average Bonchev–Trinajstić information content (AvgIpc) is 2.88. The molecule has 2 rings (SSSR count). The summed E-state index contributed by atoms with van der Waals surface area (Å²) < 4.78 is 0. The van der Waals surface area contributed by atoms with Gasteiger partial charge in [0.1, 0.15) is 0 Å². The van der Waals surface area contributed by atoms with Crippen LogP contribution in [0.5, 0.6) is 0 Å². The molecule has 0 N–H and O–H groups in total. The van der Waals surface area contributed by atoms with Crippen LogP contribution in [0.15, 0.2) is 46.5 Å². The van der Waals surface area contributed by atoms with Crippen molar-refractivity contribution in [2.45, 2.75) is 6.42 Å². The van der Waals surface area contributed by atoms with Crippen molar-refractivity contribution in [1.29, 1.82) is 0 Å². The van der Waals surface area contributed by atoms with Gasteiger partial charge in [-0.15, -0.1) is 11.3 Å². The highest BCUT2D eigenvalue weighted by atomic mass is 35.5. The van der Waals surface area contributed by atoms with E-state index in [9.17, 15) is 4.79 Å². The number of allylic oxidation sites excluding steroid dienone is 1. The van der Waals surface area contributed by atoms with E-state index in [1.807, 2.05) is 35.7 Å². The Morgan fingerprint density at radius 3 is 2.75 bits per heavy atom. The van der Waals surface area contributed by atoms with Crippen LogP contribution in [0.3, 0.4) is 0 Å². The summed E-state index contributed by atoms with van der Waals surface area (Å²) in [5.41, 5.74) is 10.7. The quantitative estimate of drug-likeness (QED) is 0.256. The van der Waals surface area contributed by atoms with Gasteiger partial charge in [-0.2, -0.15) is 0 Å². The Morgan fingerprint density at radius 2 is 2.10 bits per heavy atom. The van der Waals surface area contributed by atoms with E-state index in [4.69, 9.17) is 17.1 Å². The molecule has 0 atom stereocenters. The fraction of sp³-hybridized carbons (Fsp3) is 0.0714. The highest BCUT2D eigenvalue weighted by Crippen LogP contribution is 2.21. The van der Waals surface area contributed by atoms with Crippen LogP contribution < -0.4 is 0 Å². The molecular formula is C14H10ClN3OS. The van der Waals surface area contributed by atoms with Crippen molar-refractivity contribution >= 4 is 35.3 Å². The van der Waals surface area contributed by atoms with Gasteiger partial charge in [0.2, 0.25) is 0 Å². The van der Waals surface area contributed by atoms with E-state index in [1.54, 1.807) is 6.08 Å². The molecule has 0 fully saturated rings. The maximum Gasteiger partial charge on any atom is 0.152 e. The van der Waals surface area contributed by atoms with Crippen molar-refractivity contribution < 1.29 is 4.79 Å². The van der Waals surface area contributed by atoms with Crippen LogP contribution in [0.2, 0.25) is 5.02 Å². The molecule has 1 heterocycles. The Morgan fingerprint density at radius 1 is 1.35 bits per heavy atom. The molecular weight excluding hydrogens is 294 g/mol. The first kappa shape index (κ1) is 14.3. The number of nitrogens with zero attached hydrogens (tertiary/aromatic N) is 3. The monoisotopic (exact) mass is 303 g/mol. The number of carbonyl (C=O) groups is 1. The van der Waals surface area contributed by atoms with Gasteiger partial charge in [0, 0.05) is 14.8 Å². The van der Waals surface area contributed by atoms with Crippen molar-refractivity contribution in [3.63, 3.8) is 0 Å². The van der Waals surface area contributed by atoms with E-state index in [2.05, 4.69) is 10.0 Å². The molecule has 2 aromatic rings. The lowest BCUT2D eigenvalue weighted by Gasteiger charge is -1.98. The lowest BCUT2D eigenvalue weighted by Crippen LogP contribution is -1.84. The van der Waals surface area contributed by atoms with E-state index in [1.165, 1.54) is 11.3 Å². The molecule has 20 heavy (non-hydrogen) atoms. The van der Waals surface area contributed by atoms with Gasteiger partial charge in [-0.3, -0.25) is 4.79 Å². The van der Waals surface area contributed by atoms with E-state index in [0.717, 1.165) is 22.4 Å². The molecule has 0 spiro atoms. The third-order valence-electron chi connectivity index (χ3n) is 2.57. The minimum atomic E-state index is 0.0763. The molecule has 0 radical (unpaired) electrons. The highest BCUT2D eigenvalue weighted by molar-refractivity contribution is 7.11. The number of hydrogen-bond donors (Lipinski definition) is 0. The first-order valence-corrected chi connectivity index (χ1v) is 7.01. The predicted molar refractivity (Wildman–Crippen MR) is 81.8 cm³/mol. The van der Waals surface area contributed by atoms with E-state index < -0.39 is 0 Å². The maximum atomic E-state index is 10.7. The molecule has 0 aliphatic heterocycles. The number of thiophene rings is 1. The van der Waals surface area contributed by atoms with Crippen LogP contribution in [0.1, 0.15) is 16.0 Å². The second kappa shape index (κ2) is 6.91. The molecule has 0 bridgehead atoms. The van der Waals surface area contributed by atoms with Crippen LogP contribution >= 0.6 is 22.9 Å². The molecule has 0 unspecified atom stereocenters. The molecule has 6 heteroatoms. The summed E-state index contributed by atoms with van der Waals surface area (Å²) in [5.74, 6) is 0. The number of carbonyl (C=O) groups excluding carboxylic acids is 1. The van der Waals surface area contributed by atoms with E-state index in [0.29, 0.717) is 11.3 Å². The molecule has 100 valence electrons. The first-order valence-electron chi connectivity index (χ1n) is 5.75. The summed E-state index contributed by atoms with van der Waals surface area (Å²) in [6, 6.07) is 9.64. The Bertz CT molecular complexity index is 685. The Kier molecular flexibility index (Phi) is 4.96. The average molecular weight is 304 g/mol. The minimum absolute atomic E-state index is 0.0763. The normalized spacial score (nSPS) is 10.9. The standard InChI is InChI=1S/C14H10ClN3OS/c15-12-3-1-10(2-4-12)5-11-6-14(20-9-11)7-13(8-19)17-18-16/h1-4,6-9H,5H2/b13-7-. The maximum absolute atomic E-state index is 10.7. The predicted octanol–water partition coefficient (Wildman–Crippen LogP) is 4.84. The van der Waals surface area contributed by atoms with Crippen LogP contribution in [0.4, 0.5) is 0 Å². The van der Waals surface area contributed by atoms with Crippen molar-refractivity contribution in [1.82, 2.24) is 0 Å². The number of hydrogen-bond acceptors (Lipinski definition) is 3. The molecule has 0 aliphatic rings. The second-order valence-corrected chi connectivity index (χ2v) is 5.42. The van der Waals surface area contributed by atoms with Crippen LogP contribution in [-0.4, -0.2) is 6.29 Å². The van der Waals surface area contributed by atoms with Crippen molar-refractivity contribution in [3.8, 4) is 0 Å². The van der Waals surface area contributed by atoms with Crippen LogP contribution in [0.25, 0.3) is 16.5 Å². The zero-order chi connectivity index (χ0) is 14.4. The first-order chi connectivity index (χ1) is 9.71. The van der Waals surface area contributed by atoms with Gasteiger partial charge in [0.25, 0.3) is 0 Å². The smallest absolute Gasteiger partial charge is 0.152 e. The summed E-state index contributed by atoms with van der Waals surface area (Å²) in [5, 5.41) is 6.03. The van der Waals surface area contributed by atoms with Gasteiger partial charge in [-0.1, -0.05) is 28.8 Å². The summed E-state index contributed by atoms with van der Waals surface area (Å²) >= 11 is 7.34. The van der Waals surface area contributed by atoms with Gasteiger partial charge < -0.3 is 0 Å². The highest BCUT2D eigenvalue weighted by Gasteiger charge is 2.01. The molecule has 1 aromatic carbocycles. The minimum Gasteiger partial charge on any atom is -0.298 e. The SMILES string of the molecule is [N-]=[N+]=N/C(C=O)=C\c1cc(Cc2ccc(Cl)cc2)cs1. The van der Waals surface area contributed by atoms with E-state index in [-0.39, 0.29) is 5.70 Å². The van der Waals surface area contributed by atoms with Crippen molar-refractivity contribution in [2.75, 3.05) is 0 Å². The summed E-state index contributed by atoms with van der Waals surface area (Å²) in [4.78, 5) is 14.2. The zero-order valence-corrected chi connectivity index (χ0v) is 11.9. The summed E-state index contributed by atoms with van der Waals surface area (Å²) in [6.45, 7) is 0. The number of aldehydes is 1. The Labute approximate surface area is 124 Å². The number of halogens is 1. The number of azide groups is 1. The molecule has 0 aliphatic carbocycles. The van der Waals surface area contributed by atoms with Gasteiger partial charge in [0.05, 0.1) is 5.70 Å². The van der Waals surface area contributed by atoms with Gasteiger partial charge in [-0.05, 0) is 52.7 Å². The van der Waals surface area contributed by atoms with Crippen molar-refractivity contribution in [3.05, 3.63) is 72.9 Å². The molecule has 4 nitrogen and oxygen atoms in total. The zero-order valence-electron chi connectivity index (χ0n) is 10.4. The number of rotatable bonds is 5. The Balaban J connectivity index is 2.14. The van der Waals surface area contributed by atoms with E-state index >= 15 is 0 Å². The lowest BCUT2D eigenvalue weighted by atomic mass is 10.1.